The van der Waals surface area contributed by atoms with Crippen molar-refractivity contribution in [2.75, 3.05) is 0 Å². The topological polar surface area (TPSA) is 26.0 Å². The number of halogens is 1. The van der Waals surface area contributed by atoms with Gasteiger partial charge < -0.3 is 4.42 Å². The Labute approximate surface area is 163 Å². The highest BCUT2D eigenvalue weighted by Gasteiger charge is 2.17. The zero-order valence-electron chi connectivity index (χ0n) is 14.1. The van der Waals surface area contributed by atoms with Gasteiger partial charge in [0.05, 0.1) is 9.72 Å². The fourth-order valence-electron chi connectivity index (χ4n) is 3.68. The van der Waals surface area contributed by atoms with E-state index in [0.29, 0.717) is 5.02 Å². The van der Waals surface area contributed by atoms with E-state index in [0.717, 1.165) is 42.7 Å². The van der Waals surface area contributed by atoms with Crippen LogP contribution in [0, 0.1) is 0 Å². The van der Waals surface area contributed by atoms with Crippen LogP contribution in [0.1, 0.15) is 0 Å². The number of nitrogens with zero attached hydrogens (tertiary/aromatic N) is 1. The zero-order chi connectivity index (χ0) is 18.0. The molecule has 6 aromatic rings. The first kappa shape index (κ1) is 15.2. The van der Waals surface area contributed by atoms with Crippen LogP contribution in [0.5, 0.6) is 0 Å². The molecule has 0 saturated carbocycles. The maximum atomic E-state index is 6.54. The molecular formula is C23H12ClNOS. The summed E-state index contributed by atoms with van der Waals surface area (Å²) in [6.07, 6.45) is 0. The Bertz CT molecular complexity index is 1490. The molecule has 2 nitrogen and oxygen atoms in total. The van der Waals surface area contributed by atoms with Gasteiger partial charge in [0.25, 0.3) is 0 Å². The van der Waals surface area contributed by atoms with Crippen molar-refractivity contribution in [3.8, 4) is 10.6 Å². The van der Waals surface area contributed by atoms with Gasteiger partial charge in [-0.3, -0.25) is 0 Å². The number of hydrogen-bond donors (Lipinski definition) is 0. The van der Waals surface area contributed by atoms with E-state index < -0.39 is 0 Å². The largest absolute Gasteiger partial charge is 0.456 e. The van der Waals surface area contributed by atoms with Crippen LogP contribution in [-0.2, 0) is 0 Å². The SMILES string of the molecule is Clc1cc2oc3ccccc3c2c2sc(-c3ccc4ccccc4c3)nc12. The normalized spacial score (nSPS) is 11.9. The minimum absolute atomic E-state index is 0.625. The smallest absolute Gasteiger partial charge is 0.138 e. The van der Waals surface area contributed by atoms with Gasteiger partial charge in [0, 0.05) is 22.4 Å². The monoisotopic (exact) mass is 385 g/mol. The quantitative estimate of drug-likeness (QED) is 0.290. The van der Waals surface area contributed by atoms with Gasteiger partial charge in [-0.05, 0) is 22.9 Å². The standard InChI is InChI=1S/C23H12ClNOS/c24-17-12-19-20(16-7-3-4-8-18(16)26-19)22-21(17)25-23(27-22)15-10-9-13-5-1-2-6-14(13)11-15/h1-12H. The zero-order valence-corrected chi connectivity index (χ0v) is 15.6. The van der Waals surface area contributed by atoms with Crippen molar-refractivity contribution in [1.82, 2.24) is 4.98 Å². The van der Waals surface area contributed by atoms with E-state index in [4.69, 9.17) is 21.0 Å². The number of aromatic nitrogens is 1. The van der Waals surface area contributed by atoms with Crippen LogP contribution in [0.25, 0.3) is 53.5 Å². The molecule has 0 bridgehead atoms. The Morgan fingerprint density at radius 3 is 2.56 bits per heavy atom. The van der Waals surface area contributed by atoms with Crippen molar-refractivity contribution in [2.45, 2.75) is 0 Å². The average molecular weight is 386 g/mol. The Hall–Kier alpha value is -2.88. The molecule has 0 saturated heterocycles. The van der Waals surface area contributed by atoms with Crippen LogP contribution in [0.4, 0.5) is 0 Å². The lowest BCUT2D eigenvalue weighted by Crippen LogP contribution is -1.78. The van der Waals surface area contributed by atoms with Crippen molar-refractivity contribution in [3.63, 3.8) is 0 Å². The number of para-hydroxylation sites is 1. The number of fused-ring (bicyclic) bond motifs is 6. The van der Waals surface area contributed by atoms with Gasteiger partial charge in [-0.15, -0.1) is 11.3 Å². The van der Waals surface area contributed by atoms with E-state index in [1.165, 1.54) is 10.8 Å². The Morgan fingerprint density at radius 2 is 1.63 bits per heavy atom. The molecule has 0 N–H and O–H groups in total. The van der Waals surface area contributed by atoms with E-state index in [2.05, 4.69) is 48.5 Å². The van der Waals surface area contributed by atoms with E-state index in [-0.39, 0.29) is 0 Å². The number of rotatable bonds is 1. The molecule has 27 heavy (non-hydrogen) atoms. The Balaban J connectivity index is 1.68. The molecule has 0 atom stereocenters. The Kier molecular flexibility index (Phi) is 3.13. The third-order valence-electron chi connectivity index (χ3n) is 4.96. The molecule has 128 valence electrons. The number of thiazole rings is 1. The van der Waals surface area contributed by atoms with Crippen LogP contribution in [-0.4, -0.2) is 4.98 Å². The highest BCUT2D eigenvalue weighted by atomic mass is 35.5. The van der Waals surface area contributed by atoms with E-state index in [9.17, 15) is 0 Å². The number of furan rings is 1. The van der Waals surface area contributed by atoms with Gasteiger partial charge in [-0.1, -0.05) is 66.2 Å². The van der Waals surface area contributed by atoms with Crippen LogP contribution in [0.15, 0.2) is 77.2 Å². The molecule has 2 aromatic heterocycles. The average Bonchev–Trinajstić information content (AvgIpc) is 3.29. The molecule has 0 aliphatic heterocycles. The summed E-state index contributed by atoms with van der Waals surface area (Å²) in [4.78, 5) is 4.87. The number of benzene rings is 4. The summed E-state index contributed by atoms with van der Waals surface area (Å²) in [5, 5.41) is 6.22. The van der Waals surface area contributed by atoms with Crippen LogP contribution in [0.2, 0.25) is 5.02 Å². The summed E-state index contributed by atoms with van der Waals surface area (Å²) < 4.78 is 7.08. The third kappa shape index (κ3) is 2.22. The molecule has 4 heteroatoms. The summed E-state index contributed by atoms with van der Waals surface area (Å²) in [7, 11) is 0. The second kappa shape index (κ2) is 5.56. The van der Waals surface area contributed by atoms with Crippen molar-refractivity contribution in [3.05, 3.63) is 77.8 Å². The first-order valence-electron chi connectivity index (χ1n) is 8.67. The van der Waals surface area contributed by atoms with Crippen LogP contribution in [0.3, 0.4) is 0 Å². The maximum absolute atomic E-state index is 6.54. The summed E-state index contributed by atoms with van der Waals surface area (Å²) in [5.41, 5.74) is 3.62. The predicted molar refractivity (Wildman–Crippen MR) is 115 cm³/mol. The first-order valence-corrected chi connectivity index (χ1v) is 9.87. The molecule has 0 unspecified atom stereocenters. The molecule has 0 fully saturated rings. The van der Waals surface area contributed by atoms with E-state index >= 15 is 0 Å². The van der Waals surface area contributed by atoms with Crippen molar-refractivity contribution < 1.29 is 4.42 Å². The number of hydrogen-bond acceptors (Lipinski definition) is 3. The van der Waals surface area contributed by atoms with Gasteiger partial charge >= 0.3 is 0 Å². The molecule has 6 rings (SSSR count). The van der Waals surface area contributed by atoms with Crippen LogP contribution >= 0.6 is 22.9 Å². The van der Waals surface area contributed by atoms with E-state index in [1.807, 2.05) is 24.3 Å². The van der Waals surface area contributed by atoms with Crippen molar-refractivity contribution >= 4 is 65.9 Å². The van der Waals surface area contributed by atoms with Crippen molar-refractivity contribution in [1.29, 1.82) is 0 Å². The molecule has 0 aliphatic rings. The van der Waals surface area contributed by atoms with Crippen LogP contribution < -0.4 is 0 Å². The molecule has 0 amide bonds. The maximum Gasteiger partial charge on any atom is 0.138 e. The molecular weight excluding hydrogens is 374 g/mol. The second-order valence-electron chi connectivity index (χ2n) is 6.59. The first-order chi connectivity index (χ1) is 13.3. The van der Waals surface area contributed by atoms with Crippen molar-refractivity contribution in [2.24, 2.45) is 0 Å². The highest BCUT2D eigenvalue weighted by Crippen LogP contribution is 2.42. The lowest BCUT2D eigenvalue weighted by Gasteiger charge is -2.00. The summed E-state index contributed by atoms with van der Waals surface area (Å²) in [6.45, 7) is 0. The fraction of sp³-hybridized carbons (Fsp3) is 0. The minimum Gasteiger partial charge on any atom is -0.456 e. The minimum atomic E-state index is 0.625. The third-order valence-corrected chi connectivity index (χ3v) is 6.37. The summed E-state index contributed by atoms with van der Waals surface area (Å²) in [6, 6.07) is 24.8. The Morgan fingerprint density at radius 1 is 0.815 bits per heavy atom. The fourth-order valence-corrected chi connectivity index (χ4v) is 5.11. The van der Waals surface area contributed by atoms with Gasteiger partial charge in [0.2, 0.25) is 0 Å². The van der Waals surface area contributed by atoms with Gasteiger partial charge in [-0.25, -0.2) is 4.98 Å². The summed E-state index contributed by atoms with van der Waals surface area (Å²) >= 11 is 8.21. The lowest BCUT2D eigenvalue weighted by molar-refractivity contribution is 0.669. The molecule has 0 spiro atoms. The highest BCUT2D eigenvalue weighted by molar-refractivity contribution is 7.22. The molecule has 0 radical (unpaired) electrons. The second-order valence-corrected chi connectivity index (χ2v) is 7.99. The lowest BCUT2D eigenvalue weighted by atomic mass is 10.1. The van der Waals surface area contributed by atoms with Gasteiger partial charge in [0.15, 0.2) is 0 Å². The van der Waals surface area contributed by atoms with E-state index in [1.54, 1.807) is 11.3 Å². The molecule has 0 aliphatic carbocycles. The van der Waals surface area contributed by atoms with Gasteiger partial charge in [0.1, 0.15) is 21.7 Å². The molecule has 4 aromatic carbocycles. The van der Waals surface area contributed by atoms with Gasteiger partial charge in [-0.2, -0.15) is 0 Å². The predicted octanol–water partition coefficient (Wildman–Crippen LogP) is 7.67. The molecule has 2 heterocycles. The summed E-state index contributed by atoms with van der Waals surface area (Å²) in [5.74, 6) is 0.